The molecule has 0 unspecified atom stereocenters. The Morgan fingerprint density at radius 2 is 0.315 bits per heavy atom. The van der Waals surface area contributed by atoms with Gasteiger partial charge in [-0.3, -0.25) is 0 Å². The van der Waals surface area contributed by atoms with Gasteiger partial charge in [0.2, 0.25) is 0 Å². The zero-order chi connectivity index (χ0) is 96.5. The number of hydrogen-bond acceptors (Lipinski definition) is 9. The molecule has 9 nitrogen and oxygen atoms in total. The lowest BCUT2D eigenvalue weighted by molar-refractivity contribution is 1.07. The van der Waals surface area contributed by atoms with E-state index < -0.39 is 0 Å². The van der Waals surface area contributed by atoms with E-state index in [2.05, 4.69) is 364 Å². The van der Waals surface area contributed by atoms with Crippen LogP contribution in [0.2, 0.25) is 0 Å². The zero-order valence-corrected chi connectivity index (χ0v) is 79.1. The summed E-state index contributed by atoms with van der Waals surface area (Å²) in [6.07, 6.45) is 0. The second-order valence-electron chi connectivity index (χ2n) is 37.2. The van der Waals surface area contributed by atoms with Gasteiger partial charge < -0.3 is 0 Å². The molecule has 0 radical (unpaired) electrons. The molecule has 146 heavy (non-hydrogen) atoms. The largest absolute Gasteiger partial charge is 0.208 e. The predicted molar refractivity (Wildman–Crippen MR) is 610 cm³/mol. The molecule has 26 aromatic carbocycles. The topological polar surface area (TPSA) is 116 Å². The molecular weight excluding hydrogens is 1770 g/mol. The van der Waals surface area contributed by atoms with Crippen LogP contribution in [0, 0.1) is 0 Å². The number of fused-ring (bicyclic) bond motifs is 23. The molecule has 3 heterocycles. The van der Waals surface area contributed by atoms with Crippen LogP contribution in [0.3, 0.4) is 0 Å². The van der Waals surface area contributed by atoms with Crippen molar-refractivity contribution < 1.29 is 0 Å². The first kappa shape index (κ1) is 85.6. The van der Waals surface area contributed by atoms with E-state index in [0.717, 1.165) is 77.4 Å². The Balaban J connectivity index is 0.000000109. The van der Waals surface area contributed by atoms with Crippen molar-refractivity contribution in [1.82, 2.24) is 44.9 Å². The second kappa shape index (κ2) is 36.6. The fraction of sp³-hybridized carbons (Fsp3) is 0. The standard InChI is InChI=1S/2C47H29N3.C43H27N3/c1-3-15-32(16-4-1)45-48-46(33-17-5-2-6-18-33)50-47(49-45)40-28-27-39(37-21-11-12-22-38(37)40)42-29-34-24-23-30-13-7-9-19-35(30)43(34)41-26-25-31-14-8-10-20-36(31)44(41)42;1-2-13-34(14-3-1)45-48-46(50-47(49-45)38-25-18-30-10-4-5-15-36(30)28-38)35-22-19-33(20-23-35)42-29-37-24-21-31-11-6-8-16-39(31)43(37)41-27-26-32-12-7-9-17-40(32)44(41)42;1-3-14-30(15-4-1)41-44-42(31-16-5-2-6-17-31)46-43(45-41)34-19-11-18-32(26-34)38-27-33-23-22-28-12-7-9-20-35(28)39(33)37-25-24-29-13-8-10-21-36(29)40(37)38/h2*1-29H;1-27H. The van der Waals surface area contributed by atoms with Crippen LogP contribution in [0.5, 0.6) is 0 Å². The molecule has 0 fully saturated rings. The average molecular weight is 1860 g/mol. The number of nitrogens with zero attached hydrogens (tertiary/aromatic N) is 9. The Kier molecular flexibility index (Phi) is 21.4. The summed E-state index contributed by atoms with van der Waals surface area (Å²) >= 11 is 0. The summed E-state index contributed by atoms with van der Waals surface area (Å²) in [5.41, 5.74) is 15.7. The maximum atomic E-state index is 5.09. The van der Waals surface area contributed by atoms with Gasteiger partial charge in [-0.2, -0.15) is 0 Å². The second-order valence-corrected chi connectivity index (χ2v) is 37.2. The van der Waals surface area contributed by atoms with Crippen LogP contribution in [-0.4, -0.2) is 44.9 Å². The van der Waals surface area contributed by atoms with E-state index in [9.17, 15) is 0 Å². The summed E-state index contributed by atoms with van der Waals surface area (Å²) in [6, 6.07) is 182. The number of hydrogen-bond donors (Lipinski definition) is 0. The lowest BCUT2D eigenvalue weighted by atomic mass is 9.86. The summed E-state index contributed by atoms with van der Waals surface area (Å²) in [4.78, 5) is 45.0. The predicted octanol–water partition coefficient (Wildman–Crippen LogP) is 35.8. The molecule has 0 atom stereocenters. The van der Waals surface area contributed by atoms with Gasteiger partial charge in [0.1, 0.15) is 0 Å². The molecule has 29 aromatic rings. The molecule has 0 bridgehead atoms. The molecule has 0 saturated carbocycles. The first-order chi connectivity index (χ1) is 72.4. The first-order valence-electron chi connectivity index (χ1n) is 49.4. The van der Waals surface area contributed by atoms with Crippen molar-refractivity contribution in [3.63, 3.8) is 0 Å². The molecule has 0 saturated heterocycles. The van der Waals surface area contributed by atoms with Crippen LogP contribution in [0.1, 0.15) is 0 Å². The van der Waals surface area contributed by atoms with Crippen molar-refractivity contribution in [3.8, 4) is 136 Å². The maximum Gasteiger partial charge on any atom is 0.164 e. The Morgan fingerprint density at radius 3 is 0.692 bits per heavy atom. The average Bonchev–Trinajstić information content (AvgIpc) is 0.727. The summed E-state index contributed by atoms with van der Waals surface area (Å²) < 4.78 is 0. The van der Waals surface area contributed by atoms with Crippen molar-refractivity contribution in [1.29, 1.82) is 0 Å². The normalized spacial score (nSPS) is 11.6. The van der Waals surface area contributed by atoms with Gasteiger partial charge in [-0.05, 0) is 221 Å². The van der Waals surface area contributed by atoms with Crippen LogP contribution in [0.15, 0.2) is 516 Å². The Bertz CT molecular complexity index is 10100. The lowest BCUT2D eigenvalue weighted by Crippen LogP contribution is -2.00. The van der Waals surface area contributed by atoms with Crippen molar-refractivity contribution in [3.05, 3.63) is 516 Å². The molecule has 9 heteroatoms. The molecule has 678 valence electrons. The number of aromatic nitrogens is 9. The van der Waals surface area contributed by atoms with E-state index in [1.807, 2.05) is 152 Å². The molecule has 0 aliphatic rings. The summed E-state index contributed by atoms with van der Waals surface area (Å²) in [7, 11) is 0. The van der Waals surface area contributed by atoms with Gasteiger partial charge >= 0.3 is 0 Å². The number of rotatable bonds is 12. The van der Waals surface area contributed by atoms with Crippen molar-refractivity contribution in [2.75, 3.05) is 0 Å². The van der Waals surface area contributed by atoms with E-state index >= 15 is 0 Å². The van der Waals surface area contributed by atoms with Gasteiger partial charge in [-0.15, -0.1) is 0 Å². The van der Waals surface area contributed by atoms with Crippen molar-refractivity contribution in [2.24, 2.45) is 0 Å². The highest BCUT2D eigenvalue weighted by molar-refractivity contribution is 6.32. The third-order valence-corrected chi connectivity index (χ3v) is 28.6. The third kappa shape index (κ3) is 15.6. The van der Waals surface area contributed by atoms with E-state index in [1.165, 1.54) is 157 Å². The van der Waals surface area contributed by atoms with E-state index in [4.69, 9.17) is 44.9 Å². The minimum Gasteiger partial charge on any atom is -0.208 e. The van der Waals surface area contributed by atoms with Gasteiger partial charge in [0.25, 0.3) is 0 Å². The van der Waals surface area contributed by atoms with Crippen LogP contribution in [-0.2, 0) is 0 Å². The highest BCUT2D eigenvalue weighted by atomic mass is 15.1. The van der Waals surface area contributed by atoms with Crippen LogP contribution < -0.4 is 0 Å². The quantitative estimate of drug-likeness (QED) is 0.110. The minimum absolute atomic E-state index is 0.647. The SMILES string of the molecule is c1ccc(-c2nc(-c3ccc(-c4cc5ccc6ccccc6c5c5ccc6ccccc6c45)cc3)nc(-c3ccc4ccccc4c3)n2)cc1.c1ccc(-c2nc(-c3ccccc3)nc(-c3ccc(-c4cc5ccc6ccccc6c5c5ccc6ccccc6c45)c4ccccc34)n2)cc1.c1ccc(-c2nc(-c3ccccc3)nc(-c3cccc(-c4cc5ccc6ccccc6c5c5ccc6ccccc6c45)c3)n2)cc1. The van der Waals surface area contributed by atoms with Crippen molar-refractivity contribution in [2.45, 2.75) is 0 Å². The molecule has 0 aliphatic carbocycles. The van der Waals surface area contributed by atoms with Crippen molar-refractivity contribution >= 4 is 151 Å². The Labute approximate surface area is 841 Å². The molecular formula is C137H85N9. The highest BCUT2D eigenvalue weighted by Crippen LogP contribution is 2.49. The van der Waals surface area contributed by atoms with Gasteiger partial charge in [0.05, 0.1) is 0 Å². The van der Waals surface area contributed by atoms with Gasteiger partial charge in [-0.25, -0.2) is 44.9 Å². The summed E-state index contributed by atoms with van der Waals surface area (Å²) in [6.45, 7) is 0. The Hall–Kier alpha value is -19.6. The minimum atomic E-state index is 0.647. The fourth-order valence-corrected chi connectivity index (χ4v) is 21.7. The van der Waals surface area contributed by atoms with Crippen LogP contribution >= 0.6 is 0 Å². The fourth-order valence-electron chi connectivity index (χ4n) is 21.7. The molecule has 0 N–H and O–H groups in total. The smallest absolute Gasteiger partial charge is 0.164 e. The highest BCUT2D eigenvalue weighted by Gasteiger charge is 2.25. The van der Waals surface area contributed by atoms with E-state index in [1.54, 1.807) is 0 Å². The van der Waals surface area contributed by atoms with Crippen LogP contribution in [0.4, 0.5) is 0 Å². The van der Waals surface area contributed by atoms with Gasteiger partial charge in [-0.1, -0.05) is 479 Å². The zero-order valence-electron chi connectivity index (χ0n) is 79.1. The Morgan fingerprint density at radius 1 is 0.0890 bits per heavy atom. The summed E-state index contributed by atoms with van der Waals surface area (Å²) in [5, 5.41) is 34.7. The molecule has 29 rings (SSSR count). The first-order valence-corrected chi connectivity index (χ1v) is 49.4. The molecule has 0 aliphatic heterocycles. The third-order valence-electron chi connectivity index (χ3n) is 28.6. The van der Waals surface area contributed by atoms with Crippen LogP contribution in [0.25, 0.3) is 287 Å². The number of benzene rings is 26. The van der Waals surface area contributed by atoms with E-state index in [-0.39, 0.29) is 0 Å². The lowest BCUT2D eigenvalue weighted by Gasteiger charge is -2.18. The molecule has 0 spiro atoms. The van der Waals surface area contributed by atoms with Gasteiger partial charge in [0.15, 0.2) is 52.4 Å². The molecule has 3 aromatic heterocycles. The van der Waals surface area contributed by atoms with Gasteiger partial charge in [0, 0.05) is 50.1 Å². The monoisotopic (exact) mass is 1860 g/mol. The summed E-state index contributed by atoms with van der Waals surface area (Å²) in [5.74, 6) is 5.88. The maximum absolute atomic E-state index is 5.09. The van der Waals surface area contributed by atoms with E-state index in [0.29, 0.717) is 52.4 Å². The molecule has 0 amide bonds.